The third-order valence-corrected chi connectivity index (χ3v) is 4.65. The predicted molar refractivity (Wildman–Crippen MR) is 89.9 cm³/mol. The monoisotopic (exact) mass is 328 g/mol. The topological polar surface area (TPSA) is 50.4 Å². The van der Waals surface area contributed by atoms with Gasteiger partial charge >= 0.3 is 0 Å². The molecule has 5 heteroatoms. The van der Waals surface area contributed by atoms with Gasteiger partial charge in [-0.25, -0.2) is 0 Å². The highest BCUT2D eigenvalue weighted by Crippen LogP contribution is 2.37. The number of benzene rings is 2. The second-order valence-electron chi connectivity index (χ2n) is 6.02. The Morgan fingerprint density at radius 1 is 1.22 bits per heavy atom. The van der Waals surface area contributed by atoms with Crippen molar-refractivity contribution in [3.8, 4) is 0 Å². The highest BCUT2D eigenvalue weighted by Gasteiger charge is 2.41. The number of anilines is 1. The Kier molecular flexibility index (Phi) is 3.81. The van der Waals surface area contributed by atoms with E-state index < -0.39 is 0 Å². The van der Waals surface area contributed by atoms with Crippen molar-refractivity contribution in [2.75, 3.05) is 11.9 Å². The molecule has 1 amide bonds. The summed E-state index contributed by atoms with van der Waals surface area (Å²) in [6.45, 7) is 0.953. The summed E-state index contributed by atoms with van der Waals surface area (Å²) < 4.78 is 5.99. The highest BCUT2D eigenvalue weighted by atomic mass is 35.5. The number of hydrogen-bond acceptors (Lipinski definition) is 3. The normalized spacial score (nSPS) is 25.5. The van der Waals surface area contributed by atoms with Crippen molar-refractivity contribution in [3.63, 3.8) is 0 Å². The van der Waals surface area contributed by atoms with Gasteiger partial charge < -0.3 is 15.4 Å². The summed E-state index contributed by atoms with van der Waals surface area (Å²) in [4.78, 5) is 12.2. The van der Waals surface area contributed by atoms with Crippen LogP contribution in [0.4, 0.5) is 5.69 Å². The standard InChI is InChI=1S/C18H17ClN2O2/c19-13-3-1-2-12(8-13)18(22)21-14-6-4-11(5-7-14)17-16-9-15(23-17)10-20-16/h1-8,15-17,20H,9-10H2,(H,21,22)/t15-,16-,17+/m0/s1. The third kappa shape index (κ3) is 2.98. The summed E-state index contributed by atoms with van der Waals surface area (Å²) in [5.41, 5.74) is 2.45. The smallest absolute Gasteiger partial charge is 0.255 e. The molecule has 2 aromatic rings. The summed E-state index contributed by atoms with van der Waals surface area (Å²) in [6, 6.07) is 15.2. The minimum Gasteiger partial charge on any atom is -0.367 e. The lowest BCUT2D eigenvalue weighted by Gasteiger charge is -2.23. The fourth-order valence-electron chi connectivity index (χ4n) is 3.27. The molecule has 0 spiro atoms. The molecule has 0 radical (unpaired) electrons. The maximum Gasteiger partial charge on any atom is 0.255 e. The summed E-state index contributed by atoms with van der Waals surface area (Å²) in [5.74, 6) is -0.168. The molecule has 2 aliphatic rings. The number of hydrogen-bond donors (Lipinski definition) is 2. The van der Waals surface area contributed by atoms with E-state index in [0.717, 1.165) is 24.2 Å². The first-order valence-electron chi connectivity index (χ1n) is 7.75. The Hall–Kier alpha value is -1.88. The van der Waals surface area contributed by atoms with Crippen LogP contribution < -0.4 is 10.6 Å². The van der Waals surface area contributed by atoms with E-state index in [1.807, 2.05) is 24.3 Å². The lowest BCUT2D eigenvalue weighted by Crippen LogP contribution is -2.33. The molecule has 2 saturated heterocycles. The largest absolute Gasteiger partial charge is 0.367 e. The molecule has 0 saturated carbocycles. The van der Waals surface area contributed by atoms with E-state index >= 15 is 0 Å². The zero-order valence-electron chi connectivity index (χ0n) is 12.5. The molecule has 2 bridgehead atoms. The molecule has 3 atom stereocenters. The average molecular weight is 329 g/mol. The first kappa shape index (κ1) is 14.7. The van der Waals surface area contributed by atoms with Gasteiger partial charge in [0.15, 0.2) is 0 Å². The van der Waals surface area contributed by atoms with Gasteiger partial charge in [0.2, 0.25) is 0 Å². The Morgan fingerprint density at radius 2 is 2.04 bits per heavy atom. The second-order valence-corrected chi connectivity index (χ2v) is 6.45. The molecule has 0 aliphatic carbocycles. The fraction of sp³-hybridized carbons (Fsp3) is 0.278. The molecule has 2 N–H and O–H groups in total. The number of nitrogens with one attached hydrogen (secondary N) is 2. The predicted octanol–water partition coefficient (Wildman–Crippen LogP) is 3.39. The molecule has 0 unspecified atom stereocenters. The molecular weight excluding hydrogens is 312 g/mol. The van der Waals surface area contributed by atoms with Gasteiger partial charge in [0.1, 0.15) is 0 Å². The molecular formula is C18H17ClN2O2. The summed E-state index contributed by atoms with van der Waals surface area (Å²) in [5, 5.41) is 6.90. The molecule has 2 heterocycles. The molecule has 2 aromatic carbocycles. The van der Waals surface area contributed by atoms with Crippen LogP contribution in [0.1, 0.15) is 28.4 Å². The number of amides is 1. The number of morpholine rings is 1. The van der Waals surface area contributed by atoms with E-state index in [-0.39, 0.29) is 12.0 Å². The minimum atomic E-state index is -0.168. The van der Waals surface area contributed by atoms with Gasteiger partial charge in [-0.15, -0.1) is 0 Å². The SMILES string of the molecule is O=C(Nc1ccc([C@H]2O[C@@H]3CN[C@H]2C3)cc1)c1cccc(Cl)c1. The molecule has 4 nitrogen and oxygen atoms in total. The number of carbonyl (C=O) groups is 1. The Bertz CT molecular complexity index is 732. The third-order valence-electron chi connectivity index (χ3n) is 4.41. The van der Waals surface area contributed by atoms with E-state index in [0.29, 0.717) is 22.7 Å². The van der Waals surface area contributed by atoms with Crippen molar-refractivity contribution in [3.05, 3.63) is 64.7 Å². The lowest BCUT2D eigenvalue weighted by molar-refractivity contribution is 0.0160. The molecule has 4 rings (SSSR count). The highest BCUT2D eigenvalue weighted by molar-refractivity contribution is 6.31. The average Bonchev–Trinajstić information content (AvgIpc) is 3.19. The van der Waals surface area contributed by atoms with Crippen LogP contribution in [-0.4, -0.2) is 24.6 Å². The van der Waals surface area contributed by atoms with E-state index in [2.05, 4.69) is 10.6 Å². The molecule has 2 fully saturated rings. The maximum absolute atomic E-state index is 12.2. The summed E-state index contributed by atoms with van der Waals surface area (Å²) in [6.07, 6.45) is 1.54. The van der Waals surface area contributed by atoms with Crippen molar-refractivity contribution in [2.24, 2.45) is 0 Å². The van der Waals surface area contributed by atoms with Crippen molar-refractivity contribution in [1.29, 1.82) is 0 Å². The van der Waals surface area contributed by atoms with Crippen LogP contribution >= 0.6 is 11.6 Å². The number of rotatable bonds is 3. The first-order valence-corrected chi connectivity index (χ1v) is 8.12. The van der Waals surface area contributed by atoms with Gasteiger partial charge in [-0.05, 0) is 42.3 Å². The number of fused-ring (bicyclic) bond motifs is 2. The molecule has 0 aromatic heterocycles. The Balaban J connectivity index is 1.45. The quantitative estimate of drug-likeness (QED) is 0.908. The van der Waals surface area contributed by atoms with Gasteiger partial charge in [-0.1, -0.05) is 29.8 Å². The first-order chi connectivity index (χ1) is 11.2. The van der Waals surface area contributed by atoms with Crippen molar-refractivity contribution in [2.45, 2.75) is 24.7 Å². The molecule has 2 aliphatic heterocycles. The Labute approximate surface area is 139 Å². The van der Waals surface area contributed by atoms with Crippen LogP contribution in [0.5, 0.6) is 0 Å². The van der Waals surface area contributed by atoms with E-state index in [4.69, 9.17) is 16.3 Å². The fourth-order valence-corrected chi connectivity index (χ4v) is 3.46. The van der Waals surface area contributed by atoms with Gasteiger partial charge in [-0.2, -0.15) is 0 Å². The summed E-state index contributed by atoms with van der Waals surface area (Å²) in [7, 11) is 0. The van der Waals surface area contributed by atoms with E-state index in [1.165, 1.54) is 0 Å². The van der Waals surface area contributed by atoms with Crippen LogP contribution in [0, 0.1) is 0 Å². The van der Waals surface area contributed by atoms with Crippen LogP contribution in [0.2, 0.25) is 5.02 Å². The van der Waals surface area contributed by atoms with Gasteiger partial charge in [-0.3, -0.25) is 4.79 Å². The van der Waals surface area contributed by atoms with Crippen molar-refractivity contribution in [1.82, 2.24) is 5.32 Å². The molecule has 118 valence electrons. The lowest BCUT2D eigenvalue weighted by atomic mass is 10.0. The van der Waals surface area contributed by atoms with Gasteiger partial charge in [0.25, 0.3) is 5.91 Å². The van der Waals surface area contributed by atoms with Crippen molar-refractivity contribution >= 4 is 23.2 Å². The van der Waals surface area contributed by atoms with Crippen molar-refractivity contribution < 1.29 is 9.53 Å². The zero-order chi connectivity index (χ0) is 15.8. The Morgan fingerprint density at radius 3 is 2.70 bits per heavy atom. The number of carbonyl (C=O) groups excluding carboxylic acids is 1. The van der Waals surface area contributed by atoms with Crippen LogP contribution in [0.3, 0.4) is 0 Å². The van der Waals surface area contributed by atoms with Crippen LogP contribution in [0.25, 0.3) is 0 Å². The second kappa shape index (κ2) is 5.96. The summed E-state index contributed by atoms with van der Waals surface area (Å²) >= 11 is 5.92. The molecule has 23 heavy (non-hydrogen) atoms. The minimum absolute atomic E-state index is 0.117. The van der Waals surface area contributed by atoms with E-state index in [9.17, 15) is 4.79 Å². The number of halogens is 1. The van der Waals surface area contributed by atoms with Gasteiger partial charge in [0, 0.05) is 28.9 Å². The van der Waals surface area contributed by atoms with E-state index in [1.54, 1.807) is 24.3 Å². The van der Waals surface area contributed by atoms with Crippen LogP contribution in [0.15, 0.2) is 48.5 Å². The van der Waals surface area contributed by atoms with Crippen LogP contribution in [-0.2, 0) is 4.74 Å². The number of ether oxygens (including phenoxy) is 1. The van der Waals surface area contributed by atoms with Gasteiger partial charge in [0.05, 0.1) is 12.2 Å². The maximum atomic E-state index is 12.2. The zero-order valence-corrected chi connectivity index (χ0v) is 13.2.